The van der Waals surface area contributed by atoms with Gasteiger partial charge in [-0.15, -0.1) is 0 Å². The highest BCUT2D eigenvalue weighted by atomic mass is 16.5. The van der Waals surface area contributed by atoms with Gasteiger partial charge in [-0.1, -0.05) is 24.3 Å². The van der Waals surface area contributed by atoms with Gasteiger partial charge in [0.05, 0.1) is 85.3 Å². The zero-order valence-corrected chi connectivity index (χ0v) is 42.9. The Labute approximate surface area is 414 Å². The molecule has 0 aromatic heterocycles. The quantitative estimate of drug-likeness (QED) is 0.0490. The first-order chi connectivity index (χ1) is 34.1. The molecule has 0 bridgehead atoms. The Morgan fingerprint density at radius 3 is 1.03 bits per heavy atom. The summed E-state index contributed by atoms with van der Waals surface area (Å²) in [7, 11) is 20.0. The molecular formula is C58H70O12. The lowest BCUT2D eigenvalue weighted by Crippen LogP contribution is -2.20. The van der Waals surface area contributed by atoms with Gasteiger partial charge in [0, 0.05) is 12.1 Å². The molecule has 0 saturated carbocycles. The van der Waals surface area contributed by atoms with Crippen molar-refractivity contribution in [3.05, 3.63) is 142 Å². The fourth-order valence-corrected chi connectivity index (χ4v) is 9.33. The molecule has 0 N–H and O–H groups in total. The van der Waals surface area contributed by atoms with Crippen LogP contribution in [0.2, 0.25) is 0 Å². The van der Waals surface area contributed by atoms with E-state index in [9.17, 15) is 0 Å². The summed E-state index contributed by atoms with van der Waals surface area (Å²) < 4.78 is 69.1. The first-order valence-corrected chi connectivity index (χ1v) is 23.4. The summed E-state index contributed by atoms with van der Waals surface area (Å²) in [5.41, 5.74) is 8.88. The molecule has 12 heteroatoms. The molecule has 0 fully saturated rings. The summed E-state index contributed by atoms with van der Waals surface area (Å²) in [6.45, 7) is 0. The molecule has 374 valence electrons. The minimum Gasteiger partial charge on any atom is -0.497 e. The summed E-state index contributed by atoms with van der Waals surface area (Å²) in [4.78, 5) is 0. The molecular weight excluding hydrogens is 889 g/mol. The van der Waals surface area contributed by atoms with E-state index in [2.05, 4.69) is 60.7 Å². The number of rotatable bonds is 27. The molecule has 0 radical (unpaired) electrons. The van der Waals surface area contributed by atoms with Gasteiger partial charge in [0.15, 0.2) is 23.0 Å². The third kappa shape index (κ3) is 13.0. The normalized spacial score (nSPS) is 11.8. The van der Waals surface area contributed by atoms with E-state index in [0.29, 0.717) is 34.5 Å². The summed E-state index contributed by atoms with van der Waals surface area (Å²) in [6, 6.07) is 33.5. The van der Waals surface area contributed by atoms with Crippen molar-refractivity contribution in [1.29, 1.82) is 0 Å². The van der Waals surface area contributed by atoms with Crippen LogP contribution < -0.4 is 56.8 Å². The van der Waals surface area contributed by atoms with Gasteiger partial charge in [-0.3, -0.25) is 0 Å². The molecule has 0 aliphatic rings. The van der Waals surface area contributed by atoms with Crippen molar-refractivity contribution in [3.8, 4) is 69.0 Å². The van der Waals surface area contributed by atoms with E-state index in [1.165, 1.54) is 5.56 Å². The van der Waals surface area contributed by atoms with Crippen molar-refractivity contribution in [1.82, 2.24) is 0 Å². The fourth-order valence-electron chi connectivity index (χ4n) is 9.33. The molecule has 0 spiro atoms. The van der Waals surface area contributed by atoms with Crippen LogP contribution in [-0.2, 0) is 44.9 Å². The number of benzene rings is 6. The Morgan fingerprint density at radius 2 is 0.657 bits per heavy atom. The molecule has 0 saturated heterocycles. The molecule has 6 aromatic rings. The summed E-state index contributed by atoms with van der Waals surface area (Å²) in [5, 5.41) is 0. The van der Waals surface area contributed by atoms with Crippen LogP contribution in [-0.4, -0.2) is 85.3 Å². The highest BCUT2D eigenvalue weighted by molar-refractivity contribution is 5.55. The largest absolute Gasteiger partial charge is 0.497 e. The molecule has 2 atom stereocenters. The van der Waals surface area contributed by atoms with Crippen LogP contribution in [0.3, 0.4) is 0 Å². The Hall–Kier alpha value is -7.08. The van der Waals surface area contributed by atoms with Gasteiger partial charge in [-0.05, 0) is 168 Å². The number of hydrogen-bond acceptors (Lipinski definition) is 12. The van der Waals surface area contributed by atoms with Crippen molar-refractivity contribution < 1.29 is 56.8 Å². The van der Waals surface area contributed by atoms with Crippen LogP contribution in [0.4, 0.5) is 0 Å². The molecule has 0 aliphatic carbocycles. The van der Waals surface area contributed by atoms with E-state index >= 15 is 0 Å². The first kappa shape index (κ1) is 52.3. The van der Waals surface area contributed by atoms with Crippen molar-refractivity contribution in [2.24, 2.45) is 5.92 Å². The maximum Gasteiger partial charge on any atom is 0.203 e. The van der Waals surface area contributed by atoms with Crippen LogP contribution >= 0.6 is 0 Å². The molecule has 0 aliphatic heterocycles. The van der Waals surface area contributed by atoms with Crippen molar-refractivity contribution in [2.75, 3.05) is 85.3 Å². The molecule has 12 nitrogen and oxygen atoms in total. The van der Waals surface area contributed by atoms with E-state index in [4.69, 9.17) is 56.8 Å². The van der Waals surface area contributed by atoms with Gasteiger partial charge in [0.1, 0.15) is 34.5 Å². The molecule has 0 amide bonds. The maximum atomic E-state index is 6.12. The van der Waals surface area contributed by atoms with Crippen LogP contribution in [0.25, 0.3) is 0 Å². The fraction of sp³-hybridized carbons (Fsp3) is 0.379. The van der Waals surface area contributed by atoms with Gasteiger partial charge in [-0.25, -0.2) is 0 Å². The number of aryl methyl sites for hydroxylation is 5. The standard InChI is InChI=1S/C58H70O12/c1-59-46-24-38(25-47(35-46)60-2)17-22-44(23-37-13-18-42(51(27-37)63-5)20-15-40-29-53(65-7)57(69-11)54(30-40)66-8)50(45-33-48(61-3)36-49(34-45)62-4)26-39-14-19-43(52(28-39)64-6)21-16-41-31-55(67-9)58(70-12)56(32-41)68-10/h13-14,18-19,24-25,27-36,44,50H,15-17,20-23,26H2,1-12H3/t44-,50-/m1/s1. The van der Waals surface area contributed by atoms with Crippen LogP contribution in [0.15, 0.2) is 97.1 Å². The lowest BCUT2D eigenvalue weighted by Gasteiger charge is -2.30. The van der Waals surface area contributed by atoms with Crippen LogP contribution in [0, 0.1) is 5.92 Å². The predicted octanol–water partition coefficient (Wildman–Crippen LogP) is 11.2. The van der Waals surface area contributed by atoms with Gasteiger partial charge >= 0.3 is 0 Å². The van der Waals surface area contributed by atoms with Gasteiger partial charge < -0.3 is 56.8 Å². The minimum absolute atomic E-state index is 0.0111. The number of ether oxygens (including phenoxy) is 12. The molecule has 0 unspecified atom stereocenters. The van der Waals surface area contributed by atoms with Crippen molar-refractivity contribution in [2.45, 2.75) is 57.3 Å². The Bertz CT molecular complexity index is 2550. The lowest BCUT2D eigenvalue weighted by molar-refractivity contribution is 0.323. The van der Waals surface area contributed by atoms with E-state index in [-0.39, 0.29) is 11.8 Å². The lowest BCUT2D eigenvalue weighted by atomic mass is 9.75. The minimum atomic E-state index is 0.0111. The highest BCUT2D eigenvalue weighted by Gasteiger charge is 2.27. The maximum absolute atomic E-state index is 6.12. The van der Waals surface area contributed by atoms with E-state index < -0.39 is 0 Å². The Morgan fingerprint density at radius 1 is 0.300 bits per heavy atom. The zero-order chi connectivity index (χ0) is 50.2. The second kappa shape index (κ2) is 25.5. The Balaban J connectivity index is 1.37. The summed E-state index contributed by atoms with van der Waals surface area (Å²) in [6.07, 6.45) is 6.07. The SMILES string of the molecule is COc1cc(CC[C@H](Cc2ccc(CCc3cc(OC)c(OC)c(OC)c3)c(OC)c2)[C@@H](Cc2ccc(CCc3cc(OC)c(OC)c(OC)c3)c(OC)c2)c2cc(OC)cc(OC)c2)cc(OC)c1. The van der Waals surface area contributed by atoms with Gasteiger partial charge in [-0.2, -0.15) is 0 Å². The van der Waals surface area contributed by atoms with Crippen LogP contribution in [0.1, 0.15) is 56.8 Å². The van der Waals surface area contributed by atoms with E-state index in [1.54, 1.807) is 85.3 Å². The predicted molar refractivity (Wildman–Crippen MR) is 274 cm³/mol. The summed E-state index contributed by atoms with van der Waals surface area (Å²) >= 11 is 0. The average Bonchev–Trinajstić information content (AvgIpc) is 3.41. The molecule has 70 heavy (non-hydrogen) atoms. The van der Waals surface area contributed by atoms with Gasteiger partial charge in [0.25, 0.3) is 0 Å². The zero-order valence-electron chi connectivity index (χ0n) is 42.9. The van der Waals surface area contributed by atoms with Crippen molar-refractivity contribution in [3.63, 3.8) is 0 Å². The van der Waals surface area contributed by atoms with Crippen molar-refractivity contribution >= 4 is 0 Å². The Kier molecular flexibility index (Phi) is 19.1. The van der Waals surface area contributed by atoms with E-state index in [0.717, 1.165) is 125 Å². The summed E-state index contributed by atoms with van der Waals surface area (Å²) in [5.74, 6) is 8.42. The monoisotopic (exact) mass is 958 g/mol. The average molecular weight is 959 g/mol. The smallest absolute Gasteiger partial charge is 0.203 e. The van der Waals surface area contributed by atoms with Gasteiger partial charge in [0.2, 0.25) is 11.5 Å². The topological polar surface area (TPSA) is 111 Å². The second-order valence-corrected chi connectivity index (χ2v) is 17.0. The second-order valence-electron chi connectivity index (χ2n) is 17.0. The third-order valence-electron chi connectivity index (χ3n) is 13.1. The molecule has 6 aromatic carbocycles. The van der Waals surface area contributed by atoms with E-state index in [1.807, 2.05) is 36.4 Å². The first-order valence-electron chi connectivity index (χ1n) is 23.4. The molecule has 0 heterocycles. The highest BCUT2D eigenvalue weighted by Crippen LogP contribution is 2.42. The number of hydrogen-bond donors (Lipinski definition) is 0. The third-order valence-corrected chi connectivity index (χ3v) is 13.1. The number of methoxy groups -OCH3 is 12. The molecule has 6 rings (SSSR count). The van der Waals surface area contributed by atoms with Crippen LogP contribution in [0.5, 0.6) is 69.0 Å².